The standard InChI is InChI=1S/C24H25FN8O2/c1-13-8-21(32-33(13)5)28-18-10-16(30-31-23(18)35)14-6-7-15(25)17(9-14)29-22(34)19-11-27-20(12-26-19)24(2,3)4/h6-12H,1-5H3,(H,29,34)(H,31,35)(H,28,30,32). The molecule has 0 aliphatic rings. The molecule has 0 saturated heterocycles. The first kappa shape index (κ1) is 23.7. The average molecular weight is 477 g/mol. The number of carbonyl (C=O) groups excluding carboxylic acids is 1. The number of halogens is 1. The van der Waals surface area contributed by atoms with E-state index in [2.05, 4.69) is 35.9 Å². The Bertz CT molecular complexity index is 1430. The van der Waals surface area contributed by atoms with Gasteiger partial charge in [-0.1, -0.05) is 20.8 Å². The molecular weight excluding hydrogens is 451 g/mol. The molecule has 180 valence electrons. The molecule has 0 spiro atoms. The van der Waals surface area contributed by atoms with Gasteiger partial charge in [0.15, 0.2) is 5.82 Å². The molecule has 1 amide bonds. The van der Waals surface area contributed by atoms with Gasteiger partial charge in [0.25, 0.3) is 11.5 Å². The van der Waals surface area contributed by atoms with Crippen LogP contribution < -0.4 is 16.2 Å². The van der Waals surface area contributed by atoms with Crippen molar-refractivity contribution >= 4 is 23.1 Å². The number of carbonyl (C=O) groups is 1. The second-order valence-corrected chi connectivity index (χ2v) is 9.10. The van der Waals surface area contributed by atoms with Crippen LogP contribution in [0.3, 0.4) is 0 Å². The summed E-state index contributed by atoms with van der Waals surface area (Å²) < 4.78 is 16.2. The van der Waals surface area contributed by atoms with E-state index in [4.69, 9.17) is 0 Å². The third-order valence-corrected chi connectivity index (χ3v) is 5.34. The molecular formula is C24H25FN8O2. The van der Waals surface area contributed by atoms with Crippen LogP contribution in [0.2, 0.25) is 0 Å². The first-order chi connectivity index (χ1) is 16.5. The molecule has 4 aromatic rings. The number of nitrogens with one attached hydrogen (secondary N) is 3. The number of anilines is 3. The van der Waals surface area contributed by atoms with Crippen LogP contribution in [0, 0.1) is 12.7 Å². The second-order valence-electron chi connectivity index (χ2n) is 9.10. The molecule has 4 rings (SSSR count). The van der Waals surface area contributed by atoms with Crippen molar-refractivity contribution in [3.8, 4) is 11.3 Å². The maximum Gasteiger partial charge on any atom is 0.287 e. The van der Waals surface area contributed by atoms with Gasteiger partial charge < -0.3 is 10.6 Å². The summed E-state index contributed by atoms with van der Waals surface area (Å²) in [6.07, 6.45) is 2.89. The van der Waals surface area contributed by atoms with E-state index in [9.17, 15) is 14.0 Å². The van der Waals surface area contributed by atoms with E-state index < -0.39 is 17.3 Å². The minimum atomic E-state index is -0.631. The molecule has 0 bridgehead atoms. The average Bonchev–Trinajstić information content (AvgIpc) is 3.13. The normalized spacial score (nSPS) is 11.4. The molecule has 0 aliphatic heterocycles. The lowest BCUT2D eigenvalue weighted by Gasteiger charge is -2.16. The van der Waals surface area contributed by atoms with E-state index in [0.29, 0.717) is 17.1 Å². The van der Waals surface area contributed by atoms with Crippen molar-refractivity contribution in [3.05, 3.63) is 76.0 Å². The molecule has 3 heterocycles. The van der Waals surface area contributed by atoms with Crippen LogP contribution in [-0.4, -0.2) is 35.9 Å². The van der Waals surface area contributed by atoms with E-state index in [1.165, 1.54) is 36.7 Å². The number of hydrogen-bond donors (Lipinski definition) is 3. The van der Waals surface area contributed by atoms with Crippen LogP contribution in [0.1, 0.15) is 42.6 Å². The molecule has 3 N–H and O–H groups in total. The van der Waals surface area contributed by atoms with Gasteiger partial charge in [0.2, 0.25) is 0 Å². The highest BCUT2D eigenvalue weighted by Crippen LogP contribution is 2.25. The number of hydrogen-bond acceptors (Lipinski definition) is 7. The molecule has 0 radical (unpaired) electrons. The van der Waals surface area contributed by atoms with Gasteiger partial charge in [-0.3, -0.25) is 19.3 Å². The largest absolute Gasteiger partial charge is 0.334 e. The highest BCUT2D eigenvalue weighted by Gasteiger charge is 2.18. The summed E-state index contributed by atoms with van der Waals surface area (Å²) in [6.45, 7) is 7.85. The summed E-state index contributed by atoms with van der Waals surface area (Å²) >= 11 is 0. The van der Waals surface area contributed by atoms with E-state index in [1.54, 1.807) is 17.8 Å². The van der Waals surface area contributed by atoms with Crippen molar-refractivity contribution in [2.45, 2.75) is 33.1 Å². The highest BCUT2D eigenvalue weighted by atomic mass is 19.1. The maximum absolute atomic E-state index is 14.5. The Morgan fingerprint density at radius 2 is 1.86 bits per heavy atom. The highest BCUT2D eigenvalue weighted by molar-refractivity contribution is 6.03. The minimum absolute atomic E-state index is 0.0575. The number of aryl methyl sites for hydroxylation is 2. The predicted molar refractivity (Wildman–Crippen MR) is 130 cm³/mol. The number of amides is 1. The van der Waals surface area contributed by atoms with Gasteiger partial charge in [0, 0.05) is 36.0 Å². The number of H-pyrrole nitrogens is 1. The third kappa shape index (κ3) is 5.24. The molecule has 0 fully saturated rings. The van der Waals surface area contributed by atoms with Gasteiger partial charge >= 0.3 is 0 Å². The van der Waals surface area contributed by atoms with Gasteiger partial charge in [-0.15, -0.1) is 0 Å². The predicted octanol–water partition coefficient (Wildman–Crippen LogP) is 3.70. The van der Waals surface area contributed by atoms with E-state index in [0.717, 1.165) is 11.4 Å². The van der Waals surface area contributed by atoms with Gasteiger partial charge in [-0.2, -0.15) is 10.2 Å². The summed E-state index contributed by atoms with van der Waals surface area (Å²) in [5, 5.41) is 16.2. The lowest BCUT2D eigenvalue weighted by molar-refractivity contribution is 0.102. The molecule has 0 atom stereocenters. The summed E-state index contributed by atoms with van der Waals surface area (Å²) in [7, 11) is 1.79. The van der Waals surface area contributed by atoms with Crippen LogP contribution in [0.25, 0.3) is 11.3 Å². The quantitative estimate of drug-likeness (QED) is 0.400. The first-order valence-electron chi connectivity index (χ1n) is 10.8. The Labute approximate surface area is 200 Å². The van der Waals surface area contributed by atoms with Crippen LogP contribution in [0.15, 0.2) is 47.5 Å². The SMILES string of the molecule is Cc1cc(Nc2cc(-c3ccc(F)c(NC(=O)c4cnc(C(C)(C)C)cn4)c3)n[nH]c2=O)nn1C. The molecule has 10 nitrogen and oxygen atoms in total. The topological polar surface area (TPSA) is 130 Å². The summed E-state index contributed by atoms with van der Waals surface area (Å²) in [6, 6.07) is 7.46. The van der Waals surface area contributed by atoms with Gasteiger partial charge in [0.05, 0.1) is 23.3 Å². The van der Waals surface area contributed by atoms with Crippen molar-refractivity contribution in [2.24, 2.45) is 7.05 Å². The Kier molecular flexibility index (Phi) is 6.16. The smallest absolute Gasteiger partial charge is 0.287 e. The van der Waals surface area contributed by atoms with E-state index in [-0.39, 0.29) is 22.5 Å². The van der Waals surface area contributed by atoms with Crippen LogP contribution in [0.5, 0.6) is 0 Å². The van der Waals surface area contributed by atoms with Gasteiger partial charge in [0.1, 0.15) is 17.2 Å². The number of aromatic nitrogens is 6. The number of benzene rings is 1. The summed E-state index contributed by atoms with van der Waals surface area (Å²) in [5.74, 6) is -0.734. The molecule has 0 unspecified atom stereocenters. The number of rotatable bonds is 5. The number of nitrogens with zero attached hydrogens (tertiary/aromatic N) is 5. The Hall–Kier alpha value is -4.41. The Morgan fingerprint density at radius 3 is 2.49 bits per heavy atom. The fourth-order valence-electron chi connectivity index (χ4n) is 3.21. The maximum atomic E-state index is 14.5. The monoisotopic (exact) mass is 476 g/mol. The van der Waals surface area contributed by atoms with Crippen molar-refractivity contribution in [1.82, 2.24) is 29.9 Å². The fraction of sp³-hybridized carbons (Fsp3) is 0.250. The Morgan fingerprint density at radius 1 is 1.09 bits per heavy atom. The lowest BCUT2D eigenvalue weighted by atomic mass is 9.93. The Balaban J connectivity index is 1.58. The summed E-state index contributed by atoms with van der Waals surface area (Å²) in [5.41, 5.74) is 2.06. The second kappa shape index (κ2) is 9.09. The molecule has 0 aliphatic carbocycles. The molecule has 0 saturated carbocycles. The molecule has 11 heteroatoms. The zero-order valence-corrected chi connectivity index (χ0v) is 20.0. The molecule has 35 heavy (non-hydrogen) atoms. The van der Waals surface area contributed by atoms with Crippen molar-refractivity contribution < 1.29 is 9.18 Å². The fourth-order valence-corrected chi connectivity index (χ4v) is 3.21. The summed E-state index contributed by atoms with van der Waals surface area (Å²) in [4.78, 5) is 33.3. The van der Waals surface area contributed by atoms with E-state index >= 15 is 0 Å². The van der Waals surface area contributed by atoms with Gasteiger partial charge in [-0.25, -0.2) is 14.5 Å². The molecule has 3 aromatic heterocycles. The van der Waals surface area contributed by atoms with Crippen molar-refractivity contribution in [1.29, 1.82) is 0 Å². The number of aromatic amines is 1. The molecule has 1 aromatic carbocycles. The van der Waals surface area contributed by atoms with Crippen molar-refractivity contribution in [2.75, 3.05) is 10.6 Å². The van der Waals surface area contributed by atoms with Crippen LogP contribution in [-0.2, 0) is 12.5 Å². The van der Waals surface area contributed by atoms with Crippen LogP contribution >= 0.6 is 0 Å². The van der Waals surface area contributed by atoms with Crippen LogP contribution in [0.4, 0.5) is 21.6 Å². The zero-order valence-electron chi connectivity index (χ0n) is 20.0. The zero-order chi connectivity index (χ0) is 25.3. The minimum Gasteiger partial charge on any atom is -0.334 e. The van der Waals surface area contributed by atoms with E-state index in [1.807, 2.05) is 27.7 Å². The van der Waals surface area contributed by atoms with Crippen molar-refractivity contribution in [3.63, 3.8) is 0 Å². The van der Waals surface area contributed by atoms with Gasteiger partial charge in [-0.05, 0) is 31.2 Å². The first-order valence-corrected chi connectivity index (χ1v) is 10.8. The lowest BCUT2D eigenvalue weighted by Crippen LogP contribution is -2.18. The third-order valence-electron chi connectivity index (χ3n) is 5.34.